The quantitative estimate of drug-likeness (QED) is 0.725. The number of thiophene rings is 1. The second kappa shape index (κ2) is 6.15. The van der Waals surface area contributed by atoms with Crippen LogP contribution in [0.4, 0.5) is 9.39 Å². The summed E-state index contributed by atoms with van der Waals surface area (Å²) in [6.45, 7) is 0. The average molecular weight is 348 g/mol. The molecule has 25 heavy (non-hydrogen) atoms. The van der Waals surface area contributed by atoms with Crippen LogP contribution in [0.15, 0.2) is 48.5 Å². The topological polar surface area (TPSA) is 52.9 Å². The van der Waals surface area contributed by atoms with Crippen LogP contribution in [-0.2, 0) is 12.8 Å². The van der Waals surface area contributed by atoms with Crippen LogP contribution in [0.25, 0.3) is 10.4 Å². The molecule has 0 aliphatic heterocycles. The van der Waals surface area contributed by atoms with Gasteiger partial charge < -0.3 is 5.32 Å². The van der Waals surface area contributed by atoms with Gasteiger partial charge in [-0.2, -0.15) is 5.26 Å². The Morgan fingerprint density at radius 3 is 2.64 bits per heavy atom. The van der Waals surface area contributed by atoms with Gasteiger partial charge >= 0.3 is 0 Å². The van der Waals surface area contributed by atoms with Gasteiger partial charge in [-0.25, -0.2) is 4.39 Å². The number of aryl methyl sites for hydroxylation is 1. The number of nitriles is 1. The Hall–Kier alpha value is -2.97. The van der Waals surface area contributed by atoms with E-state index in [0.717, 1.165) is 28.8 Å². The minimum atomic E-state index is -0.391. The first-order chi connectivity index (χ1) is 12.2. The summed E-state index contributed by atoms with van der Waals surface area (Å²) in [5.41, 5.74) is 4.28. The number of fused-ring (bicyclic) bond motifs is 3. The second-order valence-corrected chi connectivity index (χ2v) is 6.86. The maximum atomic E-state index is 13.0. The number of anilines is 1. The highest BCUT2D eigenvalue weighted by Gasteiger charge is 2.25. The lowest BCUT2D eigenvalue weighted by Gasteiger charge is -2.15. The molecule has 1 aliphatic rings. The first kappa shape index (κ1) is 15.6. The van der Waals surface area contributed by atoms with Gasteiger partial charge in [0.15, 0.2) is 0 Å². The van der Waals surface area contributed by atoms with Gasteiger partial charge in [0.1, 0.15) is 16.9 Å². The molecule has 3 nitrogen and oxygen atoms in total. The van der Waals surface area contributed by atoms with Crippen LogP contribution in [0.2, 0.25) is 0 Å². The van der Waals surface area contributed by atoms with Crippen LogP contribution in [0.5, 0.6) is 0 Å². The Bertz CT molecular complexity index is 1020. The first-order valence-corrected chi connectivity index (χ1v) is 8.70. The van der Waals surface area contributed by atoms with Crippen LogP contribution in [0.1, 0.15) is 27.0 Å². The number of hydrogen-bond acceptors (Lipinski definition) is 3. The zero-order valence-electron chi connectivity index (χ0n) is 13.2. The highest BCUT2D eigenvalue weighted by Crippen LogP contribution is 2.44. The normalized spacial score (nSPS) is 12.0. The van der Waals surface area contributed by atoms with Crippen LogP contribution in [-0.4, -0.2) is 5.91 Å². The fourth-order valence-electron chi connectivity index (χ4n) is 3.12. The highest BCUT2D eigenvalue weighted by molar-refractivity contribution is 7.20. The van der Waals surface area contributed by atoms with Gasteiger partial charge in [-0.15, -0.1) is 11.3 Å². The summed E-state index contributed by atoms with van der Waals surface area (Å²) in [6, 6.07) is 15.7. The summed E-state index contributed by atoms with van der Waals surface area (Å²) < 4.78 is 13.0. The summed E-state index contributed by atoms with van der Waals surface area (Å²) in [5.74, 6) is -0.735. The van der Waals surface area contributed by atoms with Crippen LogP contribution < -0.4 is 5.32 Å². The highest BCUT2D eigenvalue weighted by atomic mass is 32.1. The third kappa shape index (κ3) is 2.71. The van der Waals surface area contributed by atoms with Crippen molar-refractivity contribution in [3.05, 3.63) is 76.6 Å². The molecular formula is C20H13FN2OS. The standard InChI is InChI=1S/C20H13FN2OS/c21-14-8-5-13(6-9-14)19(24)23-20-17(11-22)16-10-7-12-3-1-2-4-15(12)18(16)25-20/h1-6,8-9H,7,10H2,(H,23,24). The van der Waals surface area contributed by atoms with E-state index in [4.69, 9.17) is 0 Å². The number of carbonyl (C=O) groups excluding carboxylic acids is 1. The molecule has 1 N–H and O–H groups in total. The molecule has 1 amide bonds. The lowest BCUT2D eigenvalue weighted by molar-refractivity contribution is 0.102. The zero-order chi connectivity index (χ0) is 17.4. The fraction of sp³-hybridized carbons (Fsp3) is 0.100. The molecule has 1 heterocycles. The molecule has 0 saturated carbocycles. The lowest BCUT2D eigenvalue weighted by atomic mass is 9.90. The van der Waals surface area contributed by atoms with E-state index in [2.05, 4.69) is 23.5 Å². The lowest BCUT2D eigenvalue weighted by Crippen LogP contribution is -2.11. The monoisotopic (exact) mass is 348 g/mol. The van der Waals surface area contributed by atoms with E-state index in [9.17, 15) is 14.4 Å². The van der Waals surface area contributed by atoms with Crippen molar-refractivity contribution < 1.29 is 9.18 Å². The van der Waals surface area contributed by atoms with Gasteiger partial charge in [0, 0.05) is 10.4 Å². The molecule has 0 radical (unpaired) electrons. The third-order valence-electron chi connectivity index (χ3n) is 4.36. The summed E-state index contributed by atoms with van der Waals surface area (Å²) >= 11 is 1.43. The Kier molecular flexibility index (Phi) is 3.83. The maximum Gasteiger partial charge on any atom is 0.256 e. The molecule has 1 aliphatic carbocycles. The molecule has 3 aromatic rings. The molecule has 0 unspecified atom stereocenters. The van der Waals surface area contributed by atoms with E-state index in [1.54, 1.807) is 0 Å². The predicted octanol–water partition coefficient (Wildman–Crippen LogP) is 4.78. The first-order valence-electron chi connectivity index (χ1n) is 7.88. The van der Waals surface area contributed by atoms with Crippen molar-refractivity contribution in [1.82, 2.24) is 0 Å². The van der Waals surface area contributed by atoms with Crippen molar-refractivity contribution >= 4 is 22.2 Å². The largest absolute Gasteiger partial charge is 0.312 e. The Morgan fingerprint density at radius 1 is 1.12 bits per heavy atom. The van der Waals surface area contributed by atoms with Crippen molar-refractivity contribution in [3.63, 3.8) is 0 Å². The molecule has 4 rings (SSSR count). The summed E-state index contributed by atoms with van der Waals surface area (Å²) in [7, 11) is 0. The van der Waals surface area contributed by atoms with Gasteiger partial charge in [-0.05, 0) is 53.8 Å². The second-order valence-electron chi connectivity index (χ2n) is 5.84. The number of hydrogen-bond donors (Lipinski definition) is 1. The number of amides is 1. The SMILES string of the molecule is N#Cc1c(NC(=O)c2ccc(F)cc2)sc2c1CCc1ccccc1-2. The molecule has 0 bridgehead atoms. The molecule has 2 aromatic carbocycles. The van der Waals surface area contributed by atoms with Crippen molar-refractivity contribution in [1.29, 1.82) is 5.26 Å². The van der Waals surface area contributed by atoms with Crippen molar-refractivity contribution in [2.45, 2.75) is 12.8 Å². The minimum Gasteiger partial charge on any atom is -0.312 e. The number of rotatable bonds is 2. The van der Waals surface area contributed by atoms with Crippen LogP contribution in [0.3, 0.4) is 0 Å². The third-order valence-corrected chi connectivity index (χ3v) is 5.54. The number of nitrogens with zero attached hydrogens (tertiary/aromatic N) is 1. The van der Waals surface area contributed by atoms with E-state index < -0.39 is 5.82 Å². The van der Waals surface area contributed by atoms with E-state index in [1.165, 1.54) is 41.2 Å². The van der Waals surface area contributed by atoms with Crippen molar-refractivity contribution in [3.8, 4) is 16.5 Å². The van der Waals surface area contributed by atoms with E-state index in [0.29, 0.717) is 16.1 Å². The molecule has 0 atom stereocenters. The predicted molar refractivity (Wildman–Crippen MR) is 96.2 cm³/mol. The van der Waals surface area contributed by atoms with Crippen molar-refractivity contribution in [2.24, 2.45) is 0 Å². The minimum absolute atomic E-state index is 0.344. The average Bonchev–Trinajstić information content (AvgIpc) is 2.99. The van der Waals surface area contributed by atoms with E-state index >= 15 is 0 Å². The smallest absolute Gasteiger partial charge is 0.256 e. The summed E-state index contributed by atoms with van der Waals surface area (Å²) in [6.07, 6.45) is 1.68. The summed E-state index contributed by atoms with van der Waals surface area (Å²) in [5, 5.41) is 13.0. The van der Waals surface area contributed by atoms with Gasteiger partial charge in [-0.1, -0.05) is 24.3 Å². The van der Waals surface area contributed by atoms with Crippen LogP contribution in [0, 0.1) is 17.1 Å². The summed E-state index contributed by atoms with van der Waals surface area (Å²) in [4.78, 5) is 13.5. The zero-order valence-corrected chi connectivity index (χ0v) is 14.0. The fourth-order valence-corrected chi connectivity index (χ4v) is 4.38. The molecular weight excluding hydrogens is 335 g/mol. The van der Waals surface area contributed by atoms with E-state index in [-0.39, 0.29) is 5.91 Å². The molecule has 122 valence electrons. The number of halogens is 1. The van der Waals surface area contributed by atoms with E-state index in [1.807, 2.05) is 12.1 Å². The molecule has 1 aromatic heterocycles. The van der Waals surface area contributed by atoms with Crippen LogP contribution >= 0.6 is 11.3 Å². The number of nitrogens with one attached hydrogen (secondary N) is 1. The molecule has 5 heteroatoms. The Balaban J connectivity index is 1.72. The van der Waals surface area contributed by atoms with Gasteiger partial charge in [0.25, 0.3) is 5.91 Å². The van der Waals surface area contributed by atoms with Crippen molar-refractivity contribution in [2.75, 3.05) is 5.32 Å². The molecule has 0 spiro atoms. The molecule has 0 fully saturated rings. The maximum absolute atomic E-state index is 13.0. The Labute approximate surface area is 148 Å². The number of carbonyl (C=O) groups is 1. The Morgan fingerprint density at radius 2 is 1.88 bits per heavy atom. The van der Waals surface area contributed by atoms with Gasteiger partial charge in [-0.3, -0.25) is 4.79 Å². The number of benzene rings is 2. The van der Waals surface area contributed by atoms with Gasteiger partial charge in [0.2, 0.25) is 0 Å². The van der Waals surface area contributed by atoms with Gasteiger partial charge in [0.05, 0.1) is 5.56 Å². The molecule has 0 saturated heterocycles.